The van der Waals surface area contributed by atoms with Gasteiger partial charge in [-0.05, 0) is 12.5 Å². The van der Waals surface area contributed by atoms with Crippen LogP contribution < -0.4 is 5.32 Å². The molecule has 0 aliphatic rings. The van der Waals surface area contributed by atoms with Crippen molar-refractivity contribution in [2.75, 3.05) is 0 Å². The fourth-order valence-electron chi connectivity index (χ4n) is 1.17. The van der Waals surface area contributed by atoms with Gasteiger partial charge in [0, 0.05) is 13.2 Å². The highest BCUT2D eigenvalue weighted by Crippen LogP contribution is 1.98. The molecule has 1 heterocycles. The standard InChI is InChI=1S/C9H13N3O3/c1-3-6(9(14)15)11-8(13)7-4-5-10-12(7)2/h4-6H,3H2,1-2H3,(H,11,13)(H,14,15)/t6-/m0/s1. The fourth-order valence-corrected chi connectivity index (χ4v) is 1.17. The number of amides is 1. The molecule has 0 aromatic carbocycles. The number of aryl methyl sites for hydroxylation is 1. The number of hydrogen-bond donors (Lipinski definition) is 2. The van der Waals surface area contributed by atoms with Gasteiger partial charge in [0.1, 0.15) is 11.7 Å². The van der Waals surface area contributed by atoms with E-state index < -0.39 is 17.9 Å². The van der Waals surface area contributed by atoms with E-state index in [1.165, 1.54) is 16.9 Å². The Kier molecular flexibility index (Phi) is 3.43. The van der Waals surface area contributed by atoms with Crippen LogP contribution >= 0.6 is 0 Å². The van der Waals surface area contributed by atoms with Crippen molar-refractivity contribution in [3.05, 3.63) is 18.0 Å². The predicted molar refractivity (Wildman–Crippen MR) is 52.4 cm³/mol. The summed E-state index contributed by atoms with van der Waals surface area (Å²) in [7, 11) is 1.62. The summed E-state index contributed by atoms with van der Waals surface area (Å²) in [5.41, 5.74) is 0.342. The van der Waals surface area contributed by atoms with E-state index >= 15 is 0 Å². The zero-order valence-corrected chi connectivity index (χ0v) is 8.60. The number of nitrogens with zero attached hydrogens (tertiary/aromatic N) is 2. The number of rotatable bonds is 4. The summed E-state index contributed by atoms with van der Waals surface area (Å²) in [6.07, 6.45) is 1.83. The van der Waals surface area contributed by atoms with Gasteiger partial charge in [0.15, 0.2) is 0 Å². The minimum Gasteiger partial charge on any atom is -0.480 e. The average molecular weight is 211 g/mol. The molecule has 6 heteroatoms. The van der Waals surface area contributed by atoms with Gasteiger partial charge in [0.05, 0.1) is 0 Å². The van der Waals surface area contributed by atoms with E-state index in [1.54, 1.807) is 14.0 Å². The Morgan fingerprint density at radius 3 is 2.73 bits per heavy atom. The summed E-state index contributed by atoms with van der Waals surface area (Å²) in [5.74, 6) is -1.46. The first-order valence-corrected chi connectivity index (χ1v) is 4.58. The van der Waals surface area contributed by atoms with Crippen LogP contribution in [0.1, 0.15) is 23.8 Å². The highest BCUT2D eigenvalue weighted by atomic mass is 16.4. The van der Waals surface area contributed by atoms with Crippen LogP contribution in [0, 0.1) is 0 Å². The molecule has 0 spiro atoms. The van der Waals surface area contributed by atoms with E-state index in [0.717, 1.165) is 0 Å². The number of carbonyl (C=O) groups is 2. The van der Waals surface area contributed by atoms with E-state index in [-0.39, 0.29) is 0 Å². The van der Waals surface area contributed by atoms with Crippen molar-refractivity contribution < 1.29 is 14.7 Å². The maximum absolute atomic E-state index is 11.6. The molecule has 1 amide bonds. The summed E-state index contributed by atoms with van der Waals surface area (Å²) in [4.78, 5) is 22.2. The molecule has 0 unspecified atom stereocenters. The maximum atomic E-state index is 11.6. The lowest BCUT2D eigenvalue weighted by molar-refractivity contribution is -0.139. The lowest BCUT2D eigenvalue weighted by atomic mass is 10.2. The van der Waals surface area contributed by atoms with Gasteiger partial charge in [-0.1, -0.05) is 6.92 Å². The van der Waals surface area contributed by atoms with Crippen LogP contribution in [0.25, 0.3) is 0 Å². The van der Waals surface area contributed by atoms with Gasteiger partial charge in [0.25, 0.3) is 5.91 Å². The lowest BCUT2D eigenvalue weighted by Gasteiger charge is -2.11. The number of aromatic nitrogens is 2. The van der Waals surface area contributed by atoms with Crippen LogP contribution in [-0.2, 0) is 11.8 Å². The SMILES string of the molecule is CC[C@H](NC(=O)c1ccnn1C)C(=O)O. The normalized spacial score (nSPS) is 12.1. The average Bonchev–Trinajstić information content (AvgIpc) is 2.60. The predicted octanol–water partition coefficient (Wildman–Crippen LogP) is 0.0131. The summed E-state index contributed by atoms with van der Waals surface area (Å²) in [6, 6.07) is 0.677. The highest BCUT2D eigenvalue weighted by molar-refractivity contribution is 5.95. The zero-order valence-electron chi connectivity index (χ0n) is 8.60. The Labute approximate surface area is 86.9 Å². The molecule has 0 saturated heterocycles. The van der Waals surface area contributed by atoms with Crippen molar-refractivity contribution >= 4 is 11.9 Å². The smallest absolute Gasteiger partial charge is 0.326 e. The highest BCUT2D eigenvalue weighted by Gasteiger charge is 2.19. The van der Waals surface area contributed by atoms with Crippen LogP contribution in [0.15, 0.2) is 12.3 Å². The van der Waals surface area contributed by atoms with Crippen LogP contribution in [0.4, 0.5) is 0 Å². The van der Waals surface area contributed by atoms with Crippen LogP contribution in [0.5, 0.6) is 0 Å². The molecule has 1 rings (SSSR count). The first-order chi connectivity index (χ1) is 7.06. The Hall–Kier alpha value is -1.85. The quantitative estimate of drug-likeness (QED) is 0.735. The van der Waals surface area contributed by atoms with Gasteiger partial charge in [-0.15, -0.1) is 0 Å². The van der Waals surface area contributed by atoms with E-state index in [0.29, 0.717) is 12.1 Å². The molecule has 0 bridgehead atoms. The molecule has 0 saturated carbocycles. The Bertz CT molecular complexity index is 372. The molecule has 0 aliphatic carbocycles. The summed E-state index contributed by atoms with van der Waals surface area (Å²) in [6.45, 7) is 1.70. The number of carboxylic acid groups (broad SMARTS) is 1. The summed E-state index contributed by atoms with van der Waals surface area (Å²) < 4.78 is 1.39. The van der Waals surface area contributed by atoms with Gasteiger partial charge in [-0.3, -0.25) is 9.48 Å². The maximum Gasteiger partial charge on any atom is 0.326 e. The summed E-state index contributed by atoms with van der Waals surface area (Å²) in [5, 5.41) is 15.0. The molecule has 82 valence electrons. The van der Waals surface area contributed by atoms with Gasteiger partial charge < -0.3 is 10.4 Å². The molecule has 0 fully saturated rings. The first kappa shape index (κ1) is 11.2. The fraction of sp³-hybridized carbons (Fsp3) is 0.444. The molecule has 1 aromatic rings. The van der Waals surface area contributed by atoms with Crippen molar-refractivity contribution in [1.29, 1.82) is 0 Å². The van der Waals surface area contributed by atoms with Crippen molar-refractivity contribution in [2.24, 2.45) is 7.05 Å². The second-order valence-corrected chi connectivity index (χ2v) is 3.11. The Balaban J connectivity index is 2.71. The molecule has 1 aromatic heterocycles. The molecule has 2 N–H and O–H groups in total. The number of carbonyl (C=O) groups excluding carboxylic acids is 1. The van der Waals surface area contributed by atoms with Crippen LogP contribution in [0.2, 0.25) is 0 Å². The molecule has 1 atom stereocenters. The van der Waals surface area contributed by atoms with Crippen molar-refractivity contribution in [1.82, 2.24) is 15.1 Å². The largest absolute Gasteiger partial charge is 0.480 e. The number of aliphatic carboxylic acids is 1. The third-order valence-electron chi connectivity index (χ3n) is 2.07. The van der Waals surface area contributed by atoms with Crippen molar-refractivity contribution in [3.63, 3.8) is 0 Å². The molecule has 15 heavy (non-hydrogen) atoms. The number of hydrogen-bond acceptors (Lipinski definition) is 3. The minimum absolute atomic E-state index is 0.342. The van der Waals surface area contributed by atoms with Gasteiger partial charge in [0.2, 0.25) is 0 Å². The second-order valence-electron chi connectivity index (χ2n) is 3.11. The van der Waals surface area contributed by atoms with Crippen molar-refractivity contribution in [2.45, 2.75) is 19.4 Å². The van der Waals surface area contributed by atoms with E-state index in [2.05, 4.69) is 10.4 Å². The molecule has 0 aliphatic heterocycles. The zero-order chi connectivity index (χ0) is 11.4. The molecule has 6 nitrogen and oxygen atoms in total. The lowest BCUT2D eigenvalue weighted by Crippen LogP contribution is -2.40. The van der Waals surface area contributed by atoms with Crippen molar-refractivity contribution in [3.8, 4) is 0 Å². The van der Waals surface area contributed by atoms with Crippen LogP contribution in [0.3, 0.4) is 0 Å². The third-order valence-corrected chi connectivity index (χ3v) is 2.07. The minimum atomic E-state index is -1.03. The summed E-state index contributed by atoms with van der Waals surface area (Å²) >= 11 is 0. The molecular formula is C9H13N3O3. The van der Waals surface area contributed by atoms with Gasteiger partial charge >= 0.3 is 5.97 Å². The van der Waals surface area contributed by atoms with Gasteiger partial charge in [-0.25, -0.2) is 4.79 Å². The first-order valence-electron chi connectivity index (χ1n) is 4.58. The Morgan fingerprint density at radius 1 is 1.67 bits per heavy atom. The van der Waals surface area contributed by atoms with Crippen LogP contribution in [-0.4, -0.2) is 32.8 Å². The van der Waals surface area contributed by atoms with E-state index in [4.69, 9.17) is 5.11 Å². The number of carboxylic acids is 1. The monoisotopic (exact) mass is 211 g/mol. The topological polar surface area (TPSA) is 84.2 Å². The third kappa shape index (κ3) is 2.55. The van der Waals surface area contributed by atoms with Gasteiger partial charge in [-0.2, -0.15) is 5.10 Å². The molecular weight excluding hydrogens is 198 g/mol. The second kappa shape index (κ2) is 4.59. The van der Waals surface area contributed by atoms with E-state index in [9.17, 15) is 9.59 Å². The van der Waals surface area contributed by atoms with E-state index in [1.807, 2.05) is 0 Å². The molecule has 0 radical (unpaired) electrons. The Morgan fingerprint density at radius 2 is 2.33 bits per heavy atom. The number of nitrogens with one attached hydrogen (secondary N) is 1.